The van der Waals surface area contributed by atoms with Crippen molar-refractivity contribution >= 4 is 27.2 Å². The Morgan fingerprint density at radius 3 is 2.62 bits per heavy atom. The van der Waals surface area contributed by atoms with Crippen LogP contribution in [0, 0.1) is 11.7 Å². The molecule has 0 amide bonds. The number of hydrogen-bond acceptors (Lipinski definition) is 3. The van der Waals surface area contributed by atoms with Gasteiger partial charge in [0.25, 0.3) is 0 Å². The van der Waals surface area contributed by atoms with Crippen LogP contribution in [0.3, 0.4) is 0 Å². The average molecular weight is 330 g/mol. The molecule has 2 rings (SSSR count). The highest BCUT2D eigenvalue weighted by molar-refractivity contribution is 7.89. The molecule has 116 valence electrons. The Morgan fingerprint density at radius 2 is 2.05 bits per heavy atom. The van der Waals surface area contributed by atoms with Gasteiger partial charge in [0, 0.05) is 13.6 Å². The Morgan fingerprint density at radius 1 is 1.43 bits per heavy atom. The van der Waals surface area contributed by atoms with Crippen molar-refractivity contribution in [3.05, 3.63) is 29.6 Å². The molecule has 0 aromatic heterocycles. The van der Waals surface area contributed by atoms with Gasteiger partial charge in [-0.2, -0.15) is 0 Å². The maximum Gasteiger partial charge on any atom is 0.243 e. The number of thiocarbonyl (C=S) groups is 1. The molecule has 4 nitrogen and oxygen atoms in total. The smallest absolute Gasteiger partial charge is 0.243 e. The molecular weight excluding hydrogens is 311 g/mol. The van der Waals surface area contributed by atoms with Gasteiger partial charge in [0.1, 0.15) is 10.8 Å². The molecule has 0 unspecified atom stereocenters. The minimum Gasteiger partial charge on any atom is -0.389 e. The first-order valence-electron chi connectivity index (χ1n) is 6.88. The van der Waals surface area contributed by atoms with E-state index in [-0.39, 0.29) is 15.4 Å². The van der Waals surface area contributed by atoms with Crippen LogP contribution in [0.4, 0.5) is 4.39 Å². The van der Waals surface area contributed by atoms with Gasteiger partial charge in [0.2, 0.25) is 10.0 Å². The third-order valence-corrected chi connectivity index (χ3v) is 5.97. The van der Waals surface area contributed by atoms with Crippen molar-refractivity contribution < 1.29 is 12.8 Å². The van der Waals surface area contributed by atoms with Gasteiger partial charge in [-0.3, -0.25) is 0 Å². The quantitative estimate of drug-likeness (QED) is 0.841. The molecule has 0 spiro atoms. The Balaban J connectivity index is 2.34. The van der Waals surface area contributed by atoms with Crippen molar-refractivity contribution in [2.24, 2.45) is 11.7 Å². The topological polar surface area (TPSA) is 63.4 Å². The summed E-state index contributed by atoms with van der Waals surface area (Å²) in [5, 5.41) is 0. The van der Waals surface area contributed by atoms with Crippen molar-refractivity contribution in [3.8, 4) is 0 Å². The van der Waals surface area contributed by atoms with Crippen LogP contribution >= 0.6 is 12.2 Å². The van der Waals surface area contributed by atoms with E-state index in [1.807, 2.05) is 0 Å². The number of sulfonamides is 1. The summed E-state index contributed by atoms with van der Waals surface area (Å²) in [7, 11) is -2.28. The van der Waals surface area contributed by atoms with Crippen LogP contribution in [0.5, 0.6) is 0 Å². The molecule has 0 bridgehead atoms. The highest BCUT2D eigenvalue weighted by Gasteiger charge is 2.29. The van der Waals surface area contributed by atoms with Crippen molar-refractivity contribution in [1.29, 1.82) is 0 Å². The molecule has 21 heavy (non-hydrogen) atoms. The summed E-state index contributed by atoms with van der Waals surface area (Å²) in [5.41, 5.74) is 5.28. The zero-order valence-corrected chi connectivity index (χ0v) is 13.5. The molecule has 2 N–H and O–H groups in total. The molecule has 7 heteroatoms. The van der Waals surface area contributed by atoms with Crippen LogP contribution in [-0.4, -0.2) is 31.3 Å². The van der Waals surface area contributed by atoms with Crippen LogP contribution in [0.1, 0.15) is 31.2 Å². The number of hydrogen-bond donors (Lipinski definition) is 1. The standard InChI is InChI=1S/C14H19FN2O2S2/c1-17(9-10-5-2-3-6-10)21(18,19)12-8-4-7-11(15)13(12)14(16)20/h4,7-8,10H,2-3,5-6,9H2,1H3,(H2,16,20). The molecule has 0 aliphatic heterocycles. The maximum absolute atomic E-state index is 13.8. The number of nitrogens with two attached hydrogens (primary N) is 1. The van der Waals surface area contributed by atoms with Crippen LogP contribution < -0.4 is 5.73 Å². The zero-order chi connectivity index (χ0) is 15.6. The fourth-order valence-corrected chi connectivity index (χ4v) is 4.51. The molecule has 0 radical (unpaired) electrons. The number of benzene rings is 1. The summed E-state index contributed by atoms with van der Waals surface area (Å²) < 4.78 is 40.4. The van der Waals surface area contributed by atoms with E-state index in [2.05, 4.69) is 0 Å². The fraction of sp³-hybridized carbons (Fsp3) is 0.500. The van der Waals surface area contributed by atoms with Crippen molar-refractivity contribution in [2.75, 3.05) is 13.6 Å². The van der Waals surface area contributed by atoms with Gasteiger partial charge in [-0.1, -0.05) is 31.1 Å². The molecular formula is C14H19FN2O2S2. The summed E-state index contributed by atoms with van der Waals surface area (Å²) in [6, 6.07) is 3.86. The van der Waals surface area contributed by atoms with E-state index < -0.39 is 15.8 Å². The number of nitrogens with zero attached hydrogens (tertiary/aromatic N) is 1. The molecule has 0 heterocycles. The molecule has 1 aliphatic rings. The lowest BCUT2D eigenvalue weighted by Crippen LogP contribution is -2.33. The Hall–Kier alpha value is -1.05. The molecule has 1 aromatic rings. The lowest BCUT2D eigenvalue weighted by Gasteiger charge is -2.22. The first-order chi connectivity index (χ1) is 9.84. The van der Waals surface area contributed by atoms with Crippen LogP contribution in [-0.2, 0) is 10.0 Å². The second-order valence-electron chi connectivity index (χ2n) is 5.41. The summed E-state index contributed by atoms with van der Waals surface area (Å²) in [4.78, 5) is -0.406. The Labute approximate surface area is 130 Å². The van der Waals surface area contributed by atoms with E-state index in [1.165, 1.54) is 23.5 Å². The lowest BCUT2D eigenvalue weighted by molar-refractivity contribution is 0.387. The van der Waals surface area contributed by atoms with E-state index in [0.717, 1.165) is 31.7 Å². The molecule has 0 saturated heterocycles. The van der Waals surface area contributed by atoms with Crippen LogP contribution in [0.15, 0.2) is 23.1 Å². The predicted octanol–water partition coefficient (Wildman–Crippen LogP) is 2.27. The maximum atomic E-state index is 13.8. The minimum absolute atomic E-state index is 0.157. The van der Waals surface area contributed by atoms with E-state index in [9.17, 15) is 12.8 Å². The van der Waals surface area contributed by atoms with E-state index in [1.54, 1.807) is 0 Å². The SMILES string of the molecule is CN(CC1CCCC1)S(=O)(=O)c1cccc(F)c1C(N)=S. The minimum atomic E-state index is -3.80. The van der Waals surface area contributed by atoms with Gasteiger partial charge in [0.15, 0.2) is 0 Å². The second kappa shape index (κ2) is 6.37. The number of rotatable bonds is 5. The zero-order valence-electron chi connectivity index (χ0n) is 11.9. The van der Waals surface area contributed by atoms with Gasteiger partial charge in [-0.25, -0.2) is 17.1 Å². The average Bonchev–Trinajstić information content (AvgIpc) is 2.90. The highest BCUT2D eigenvalue weighted by Crippen LogP contribution is 2.28. The highest BCUT2D eigenvalue weighted by atomic mass is 32.2. The molecule has 0 atom stereocenters. The van der Waals surface area contributed by atoms with Crippen molar-refractivity contribution in [1.82, 2.24) is 4.31 Å². The van der Waals surface area contributed by atoms with Crippen molar-refractivity contribution in [3.63, 3.8) is 0 Å². The summed E-state index contributed by atoms with van der Waals surface area (Å²) >= 11 is 4.79. The van der Waals surface area contributed by atoms with E-state index in [0.29, 0.717) is 12.5 Å². The number of halogens is 1. The molecule has 1 saturated carbocycles. The first-order valence-corrected chi connectivity index (χ1v) is 8.73. The second-order valence-corrected chi connectivity index (χ2v) is 7.87. The molecule has 1 aromatic carbocycles. The summed E-state index contributed by atoms with van der Waals surface area (Å²) in [6.07, 6.45) is 4.34. The normalized spacial score (nSPS) is 16.5. The van der Waals surface area contributed by atoms with Gasteiger partial charge in [-0.15, -0.1) is 0 Å². The van der Waals surface area contributed by atoms with E-state index >= 15 is 0 Å². The van der Waals surface area contributed by atoms with Crippen LogP contribution in [0.25, 0.3) is 0 Å². The summed E-state index contributed by atoms with van der Waals surface area (Å²) in [6.45, 7) is 0.440. The Kier molecular flexibility index (Phi) is 4.95. The van der Waals surface area contributed by atoms with Gasteiger partial charge >= 0.3 is 0 Å². The molecule has 1 aliphatic carbocycles. The molecule has 1 fully saturated rings. The fourth-order valence-electron chi connectivity index (χ4n) is 2.78. The van der Waals surface area contributed by atoms with Crippen molar-refractivity contribution in [2.45, 2.75) is 30.6 Å². The van der Waals surface area contributed by atoms with Gasteiger partial charge in [-0.05, 0) is 30.9 Å². The van der Waals surface area contributed by atoms with Gasteiger partial charge in [0.05, 0.1) is 10.5 Å². The van der Waals surface area contributed by atoms with Crippen LogP contribution in [0.2, 0.25) is 0 Å². The first kappa shape index (κ1) is 16.3. The monoisotopic (exact) mass is 330 g/mol. The largest absolute Gasteiger partial charge is 0.389 e. The third kappa shape index (κ3) is 3.41. The predicted molar refractivity (Wildman–Crippen MR) is 84.1 cm³/mol. The summed E-state index contributed by atoms with van der Waals surface area (Å²) in [5.74, 6) is -0.343. The lowest BCUT2D eigenvalue weighted by atomic mass is 10.1. The van der Waals surface area contributed by atoms with Gasteiger partial charge < -0.3 is 5.73 Å². The third-order valence-electron chi connectivity index (χ3n) is 3.90. The Bertz CT molecular complexity index is 640. The van der Waals surface area contributed by atoms with E-state index in [4.69, 9.17) is 18.0 Å².